The highest BCUT2D eigenvalue weighted by Crippen LogP contribution is 2.37. The van der Waals surface area contributed by atoms with Crippen molar-refractivity contribution in [2.24, 2.45) is 0 Å². The number of rotatable bonds is 4. The monoisotopic (exact) mass is 464 g/mol. The van der Waals surface area contributed by atoms with Gasteiger partial charge in [-0.05, 0) is 18.2 Å². The number of benzene rings is 1. The van der Waals surface area contributed by atoms with Gasteiger partial charge in [-0.1, -0.05) is 0 Å². The number of carbonyl (C=O) groups excluding carboxylic acids is 1. The number of carbonyl (C=O) groups is 1. The van der Waals surface area contributed by atoms with Gasteiger partial charge in [-0.25, -0.2) is 27.5 Å². The molecule has 5 rings (SSSR count). The minimum absolute atomic E-state index is 0.0182. The number of anilines is 1. The Morgan fingerprint density at radius 1 is 1.15 bits per heavy atom. The van der Waals surface area contributed by atoms with Crippen molar-refractivity contribution in [1.29, 1.82) is 0 Å². The Balaban J connectivity index is 1.51. The minimum Gasteiger partial charge on any atom is -0.391 e. The molecule has 0 bridgehead atoms. The smallest absolute Gasteiger partial charge is 0.275 e. The van der Waals surface area contributed by atoms with Gasteiger partial charge in [0.05, 0.1) is 30.1 Å². The van der Waals surface area contributed by atoms with Crippen molar-refractivity contribution in [2.45, 2.75) is 49.8 Å². The molecule has 33 heavy (non-hydrogen) atoms. The summed E-state index contributed by atoms with van der Waals surface area (Å²) in [5.41, 5.74) is -0.0704. The van der Waals surface area contributed by atoms with Gasteiger partial charge in [-0.2, -0.15) is 5.10 Å². The number of fused-ring (bicyclic) bond motifs is 1. The van der Waals surface area contributed by atoms with E-state index in [2.05, 4.69) is 25.5 Å². The summed E-state index contributed by atoms with van der Waals surface area (Å²) >= 11 is 0. The number of halogens is 4. The molecule has 1 aliphatic carbocycles. The van der Waals surface area contributed by atoms with Crippen molar-refractivity contribution in [2.75, 3.05) is 11.9 Å². The first kappa shape index (κ1) is 21.6. The molecule has 8 nitrogen and oxygen atoms in total. The molecule has 2 fully saturated rings. The topological polar surface area (TPSA) is 107 Å². The van der Waals surface area contributed by atoms with Gasteiger partial charge in [0.25, 0.3) is 5.91 Å². The van der Waals surface area contributed by atoms with E-state index < -0.39 is 48.1 Å². The summed E-state index contributed by atoms with van der Waals surface area (Å²) < 4.78 is 56.2. The molecule has 0 unspecified atom stereocenters. The van der Waals surface area contributed by atoms with Gasteiger partial charge < -0.3 is 15.3 Å². The van der Waals surface area contributed by atoms with Crippen molar-refractivity contribution < 1.29 is 27.5 Å². The van der Waals surface area contributed by atoms with Crippen molar-refractivity contribution in [3.8, 4) is 0 Å². The van der Waals surface area contributed by atoms with E-state index in [9.17, 15) is 27.5 Å². The Kier molecular flexibility index (Phi) is 5.39. The highest BCUT2D eigenvalue weighted by atomic mass is 19.1. The first-order chi connectivity index (χ1) is 15.8. The number of aromatic amines is 1. The lowest BCUT2D eigenvalue weighted by Gasteiger charge is -2.24. The maximum atomic E-state index is 14.4. The normalized spacial score (nSPS) is 27.4. The van der Waals surface area contributed by atoms with E-state index in [4.69, 9.17) is 0 Å². The molecule has 1 aliphatic heterocycles. The molecule has 1 amide bonds. The lowest BCUT2D eigenvalue weighted by Crippen LogP contribution is -2.32. The summed E-state index contributed by atoms with van der Waals surface area (Å²) in [6.45, 7) is -0.324. The van der Waals surface area contributed by atoms with Crippen LogP contribution in [-0.2, 0) is 0 Å². The fourth-order valence-electron chi connectivity index (χ4n) is 4.62. The largest absolute Gasteiger partial charge is 0.391 e. The second-order valence-electron chi connectivity index (χ2n) is 8.38. The molecule has 1 saturated carbocycles. The maximum Gasteiger partial charge on any atom is 0.275 e. The fraction of sp³-hybridized carbons (Fsp3) is 0.429. The average Bonchev–Trinajstić information content (AvgIpc) is 3.46. The highest BCUT2D eigenvalue weighted by molar-refractivity contribution is 6.07. The van der Waals surface area contributed by atoms with Crippen LogP contribution < -0.4 is 5.32 Å². The van der Waals surface area contributed by atoms with E-state index in [0.717, 1.165) is 23.1 Å². The second kappa shape index (κ2) is 8.25. The zero-order valence-corrected chi connectivity index (χ0v) is 17.2. The van der Waals surface area contributed by atoms with Crippen LogP contribution in [-0.4, -0.2) is 67.1 Å². The first-order valence-electron chi connectivity index (χ1n) is 10.5. The number of nitrogens with zero attached hydrogens (tertiary/aromatic N) is 4. The van der Waals surface area contributed by atoms with E-state index in [1.807, 2.05) is 0 Å². The molecule has 174 valence electrons. The van der Waals surface area contributed by atoms with E-state index in [0.29, 0.717) is 0 Å². The van der Waals surface area contributed by atoms with Crippen LogP contribution in [0.25, 0.3) is 11.0 Å². The third-order valence-electron chi connectivity index (χ3n) is 6.18. The standard InChI is InChI=1S/C21H20F4N6O2/c22-9-1-2-13(25)12(3-9)15-5-11(24)7-31(15)21(33)18-17-19(26-8-27-20(17)30-29-18)28-14-4-10(23)6-16(14)32/h1-3,8,10-11,14-16,32H,4-7H2,(H2,26,27,28,29,30)/t10-,11+,14-,15-,16-/m1/s1. The van der Waals surface area contributed by atoms with Gasteiger partial charge in [0.2, 0.25) is 0 Å². The number of aromatic nitrogens is 4. The van der Waals surface area contributed by atoms with Crippen molar-refractivity contribution >= 4 is 22.8 Å². The van der Waals surface area contributed by atoms with Crippen LogP contribution in [0.3, 0.4) is 0 Å². The molecular weight excluding hydrogens is 444 g/mol. The minimum atomic E-state index is -1.43. The first-order valence-corrected chi connectivity index (χ1v) is 10.5. The molecule has 0 radical (unpaired) electrons. The molecule has 2 aliphatic rings. The molecule has 3 aromatic rings. The number of hydrogen-bond acceptors (Lipinski definition) is 6. The van der Waals surface area contributed by atoms with Gasteiger partial charge in [-0.3, -0.25) is 9.89 Å². The van der Waals surface area contributed by atoms with Crippen LogP contribution in [0, 0.1) is 11.6 Å². The predicted molar refractivity (Wildman–Crippen MR) is 109 cm³/mol. The zero-order chi connectivity index (χ0) is 23.3. The van der Waals surface area contributed by atoms with Crippen LogP contribution in [0.15, 0.2) is 24.5 Å². The molecule has 1 saturated heterocycles. The van der Waals surface area contributed by atoms with E-state index in [1.54, 1.807) is 0 Å². The van der Waals surface area contributed by atoms with Crippen molar-refractivity contribution in [3.63, 3.8) is 0 Å². The van der Waals surface area contributed by atoms with Crippen LogP contribution in [0.4, 0.5) is 23.4 Å². The SMILES string of the molecule is O=C(c1n[nH]c2ncnc(N[C@@H]3C[C@@H](F)C[C@H]3O)c12)N1C[C@@H](F)C[C@@H]1c1cc(F)ccc1F. The third-order valence-corrected chi connectivity index (χ3v) is 6.18. The Bertz CT molecular complexity index is 1210. The number of aliphatic hydroxyl groups is 1. The molecule has 12 heteroatoms. The number of likely N-dealkylation sites (tertiary alicyclic amines) is 1. The Labute approximate surface area is 185 Å². The number of hydrogen-bond donors (Lipinski definition) is 3. The van der Waals surface area contributed by atoms with Gasteiger partial charge in [0, 0.05) is 24.8 Å². The van der Waals surface area contributed by atoms with Crippen molar-refractivity contribution in [3.05, 3.63) is 47.4 Å². The summed E-state index contributed by atoms with van der Waals surface area (Å²) in [6.07, 6.45) is -2.49. The van der Waals surface area contributed by atoms with E-state index in [1.165, 1.54) is 6.33 Å². The Hall–Kier alpha value is -3.28. The van der Waals surface area contributed by atoms with Gasteiger partial charge in [0.15, 0.2) is 11.3 Å². The molecule has 3 N–H and O–H groups in total. The lowest BCUT2D eigenvalue weighted by atomic mass is 10.0. The summed E-state index contributed by atoms with van der Waals surface area (Å²) in [7, 11) is 0. The van der Waals surface area contributed by atoms with Crippen LogP contribution in [0.1, 0.15) is 41.4 Å². The second-order valence-corrected chi connectivity index (χ2v) is 8.38. The summed E-state index contributed by atoms with van der Waals surface area (Å²) in [5.74, 6) is -2.02. The number of amides is 1. The quantitative estimate of drug-likeness (QED) is 0.513. The fourth-order valence-corrected chi connectivity index (χ4v) is 4.62. The van der Waals surface area contributed by atoms with Gasteiger partial charge >= 0.3 is 0 Å². The number of H-pyrrole nitrogens is 1. The van der Waals surface area contributed by atoms with Crippen LogP contribution >= 0.6 is 0 Å². The third kappa shape index (κ3) is 3.88. The summed E-state index contributed by atoms with van der Waals surface area (Å²) in [4.78, 5) is 22.7. The molecule has 2 aromatic heterocycles. The highest BCUT2D eigenvalue weighted by Gasteiger charge is 2.40. The van der Waals surface area contributed by atoms with Crippen LogP contribution in [0.5, 0.6) is 0 Å². The molecular formula is C21H20F4N6O2. The van der Waals surface area contributed by atoms with Gasteiger partial charge in [-0.15, -0.1) is 0 Å². The molecule has 0 spiro atoms. The number of alkyl halides is 2. The van der Waals surface area contributed by atoms with Crippen molar-refractivity contribution in [1.82, 2.24) is 25.1 Å². The lowest BCUT2D eigenvalue weighted by molar-refractivity contribution is 0.0722. The molecule has 1 aromatic carbocycles. The molecule has 5 atom stereocenters. The molecule has 3 heterocycles. The summed E-state index contributed by atoms with van der Waals surface area (Å²) in [5, 5.41) is 19.8. The van der Waals surface area contributed by atoms with Gasteiger partial charge in [0.1, 0.15) is 36.1 Å². The predicted octanol–water partition coefficient (Wildman–Crippen LogP) is 2.83. The van der Waals surface area contributed by atoms with E-state index in [-0.39, 0.29) is 53.9 Å². The Morgan fingerprint density at radius 2 is 1.97 bits per heavy atom. The summed E-state index contributed by atoms with van der Waals surface area (Å²) in [6, 6.07) is 1.17. The maximum absolute atomic E-state index is 14.4. The number of aliphatic hydroxyl groups excluding tert-OH is 1. The Morgan fingerprint density at radius 3 is 2.73 bits per heavy atom. The average molecular weight is 464 g/mol. The zero-order valence-electron chi connectivity index (χ0n) is 17.2. The van der Waals surface area contributed by atoms with Crippen LogP contribution in [0.2, 0.25) is 0 Å². The number of nitrogens with one attached hydrogen (secondary N) is 2. The van der Waals surface area contributed by atoms with E-state index >= 15 is 0 Å².